The van der Waals surface area contributed by atoms with E-state index < -0.39 is 5.91 Å². The second kappa shape index (κ2) is 4.20. The summed E-state index contributed by atoms with van der Waals surface area (Å²) in [6, 6.07) is 11.1. The van der Waals surface area contributed by atoms with Crippen LogP contribution in [0.5, 0.6) is 0 Å². The average Bonchev–Trinajstić information content (AvgIpc) is 2.81. The van der Waals surface area contributed by atoms with Crippen molar-refractivity contribution in [3.05, 3.63) is 53.8 Å². The molecule has 1 heterocycles. The highest BCUT2D eigenvalue weighted by Crippen LogP contribution is 2.21. The molecule has 5 heteroatoms. The number of nitrogens with two attached hydrogens (primary N) is 1. The van der Waals surface area contributed by atoms with Crippen LogP contribution in [0, 0.1) is 5.82 Å². The van der Waals surface area contributed by atoms with Gasteiger partial charge in [0.05, 0.1) is 11.0 Å². The van der Waals surface area contributed by atoms with Gasteiger partial charge in [0.1, 0.15) is 11.6 Å². The quantitative estimate of drug-likeness (QED) is 0.738. The number of primary amides is 1. The maximum absolute atomic E-state index is 13.1. The lowest BCUT2D eigenvalue weighted by atomic mass is 10.1. The van der Waals surface area contributed by atoms with Crippen molar-refractivity contribution >= 4 is 16.9 Å². The van der Waals surface area contributed by atoms with Gasteiger partial charge in [0, 0.05) is 11.1 Å². The predicted molar refractivity (Wildman–Crippen MR) is 70.0 cm³/mol. The van der Waals surface area contributed by atoms with E-state index in [2.05, 4.69) is 9.97 Å². The van der Waals surface area contributed by atoms with Gasteiger partial charge in [0.25, 0.3) is 0 Å². The van der Waals surface area contributed by atoms with Crippen molar-refractivity contribution in [3.8, 4) is 11.4 Å². The summed E-state index contributed by atoms with van der Waals surface area (Å²) in [4.78, 5) is 18.4. The van der Waals surface area contributed by atoms with E-state index in [1.54, 1.807) is 30.3 Å². The number of hydrogen-bond donors (Lipinski definition) is 2. The summed E-state index contributed by atoms with van der Waals surface area (Å²) in [6.45, 7) is 0. The number of halogens is 1. The zero-order chi connectivity index (χ0) is 13.4. The molecule has 2 aromatic carbocycles. The van der Waals surface area contributed by atoms with Crippen molar-refractivity contribution in [2.24, 2.45) is 5.73 Å². The lowest BCUT2D eigenvalue weighted by molar-refractivity contribution is 0.100. The summed E-state index contributed by atoms with van der Waals surface area (Å²) < 4.78 is 13.1. The third kappa shape index (κ3) is 2.06. The molecule has 1 amide bonds. The number of aromatic amines is 1. The molecule has 3 N–H and O–H groups in total. The van der Waals surface area contributed by atoms with Crippen molar-refractivity contribution in [2.45, 2.75) is 0 Å². The topological polar surface area (TPSA) is 71.8 Å². The van der Waals surface area contributed by atoms with E-state index in [0.717, 1.165) is 5.56 Å². The van der Waals surface area contributed by atoms with E-state index in [0.29, 0.717) is 22.4 Å². The summed E-state index contributed by atoms with van der Waals surface area (Å²) >= 11 is 0. The highest BCUT2D eigenvalue weighted by Gasteiger charge is 2.07. The first-order chi connectivity index (χ1) is 9.13. The van der Waals surface area contributed by atoms with Crippen LogP contribution in [-0.4, -0.2) is 15.9 Å². The number of H-pyrrole nitrogens is 1. The van der Waals surface area contributed by atoms with E-state index in [4.69, 9.17) is 5.73 Å². The number of imidazole rings is 1. The van der Waals surface area contributed by atoms with E-state index >= 15 is 0 Å². The summed E-state index contributed by atoms with van der Waals surface area (Å²) in [5, 5.41) is 0. The largest absolute Gasteiger partial charge is 0.366 e. The fourth-order valence-electron chi connectivity index (χ4n) is 1.91. The second-order valence-corrected chi connectivity index (χ2v) is 4.19. The van der Waals surface area contributed by atoms with Crippen LogP contribution >= 0.6 is 0 Å². The van der Waals surface area contributed by atoms with Gasteiger partial charge in [-0.05, 0) is 30.3 Å². The molecular formula is C14H10FN3O. The SMILES string of the molecule is NC(=O)c1ccc(-c2nc3ccc(F)cc3[nH]2)cc1. The third-order valence-corrected chi connectivity index (χ3v) is 2.89. The lowest BCUT2D eigenvalue weighted by Crippen LogP contribution is -2.10. The van der Waals surface area contributed by atoms with Crippen LogP contribution in [-0.2, 0) is 0 Å². The minimum atomic E-state index is -0.474. The van der Waals surface area contributed by atoms with Gasteiger partial charge in [-0.2, -0.15) is 0 Å². The van der Waals surface area contributed by atoms with Crippen LogP contribution in [0.1, 0.15) is 10.4 Å². The summed E-state index contributed by atoms with van der Waals surface area (Å²) in [5.74, 6) is -0.165. The van der Waals surface area contributed by atoms with E-state index in [9.17, 15) is 9.18 Å². The maximum Gasteiger partial charge on any atom is 0.248 e. The Morgan fingerprint density at radius 2 is 1.89 bits per heavy atom. The number of amides is 1. The van der Waals surface area contributed by atoms with Crippen LogP contribution in [0.2, 0.25) is 0 Å². The fourth-order valence-corrected chi connectivity index (χ4v) is 1.91. The minimum Gasteiger partial charge on any atom is -0.366 e. The lowest BCUT2D eigenvalue weighted by Gasteiger charge is -1.98. The average molecular weight is 255 g/mol. The minimum absolute atomic E-state index is 0.313. The molecule has 1 aromatic heterocycles. The van der Waals surface area contributed by atoms with Crippen LogP contribution in [0.4, 0.5) is 4.39 Å². The highest BCUT2D eigenvalue weighted by molar-refractivity contribution is 5.93. The van der Waals surface area contributed by atoms with Gasteiger partial charge < -0.3 is 10.7 Å². The van der Waals surface area contributed by atoms with Crippen molar-refractivity contribution in [3.63, 3.8) is 0 Å². The Labute approximate surface area is 108 Å². The van der Waals surface area contributed by atoms with E-state index in [1.165, 1.54) is 12.1 Å². The first-order valence-electron chi connectivity index (χ1n) is 5.69. The third-order valence-electron chi connectivity index (χ3n) is 2.89. The summed E-state index contributed by atoms with van der Waals surface area (Å²) in [7, 11) is 0. The molecule has 0 fully saturated rings. The van der Waals surface area contributed by atoms with Gasteiger partial charge in [-0.3, -0.25) is 4.79 Å². The predicted octanol–water partition coefficient (Wildman–Crippen LogP) is 2.47. The molecule has 0 spiro atoms. The molecule has 0 aliphatic rings. The number of carbonyl (C=O) groups is 1. The first-order valence-corrected chi connectivity index (χ1v) is 5.69. The number of aromatic nitrogens is 2. The number of fused-ring (bicyclic) bond motifs is 1. The molecule has 4 nitrogen and oxygen atoms in total. The van der Waals surface area contributed by atoms with Crippen LogP contribution in [0.25, 0.3) is 22.4 Å². The molecule has 94 valence electrons. The molecule has 0 aliphatic carbocycles. The Kier molecular flexibility index (Phi) is 2.52. The number of hydrogen-bond acceptors (Lipinski definition) is 2. The number of benzene rings is 2. The zero-order valence-corrected chi connectivity index (χ0v) is 9.85. The molecule has 0 atom stereocenters. The van der Waals surface area contributed by atoms with Gasteiger partial charge in [-0.15, -0.1) is 0 Å². The fraction of sp³-hybridized carbons (Fsp3) is 0. The Hall–Kier alpha value is -2.69. The van der Waals surface area contributed by atoms with Crippen molar-refractivity contribution in [1.29, 1.82) is 0 Å². The molecule has 3 aromatic rings. The number of rotatable bonds is 2. The van der Waals surface area contributed by atoms with Crippen LogP contribution in [0.3, 0.4) is 0 Å². The van der Waals surface area contributed by atoms with Crippen molar-refractivity contribution < 1.29 is 9.18 Å². The number of nitrogens with zero attached hydrogens (tertiary/aromatic N) is 1. The van der Waals surface area contributed by atoms with E-state index in [-0.39, 0.29) is 5.82 Å². The summed E-state index contributed by atoms with van der Waals surface area (Å²) in [5.41, 5.74) is 7.74. The number of carbonyl (C=O) groups excluding carboxylic acids is 1. The Balaban J connectivity index is 2.06. The van der Waals surface area contributed by atoms with Gasteiger partial charge in [0.15, 0.2) is 0 Å². The normalized spacial score (nSPS) is 10.8. The van der Waals surface area contributed by atoms with Crippen molar-refractivity contribution in [1.82, 2.24) is 9.97 Å². The maximum atomic E-state index is 13.1. The monoisotopic (exact) mass is 255 g/mol. The van der Waals surface area contributed by atoms with Crippen molar-refractivity contribution in [2.75, 3.05) is 0 Å². The molecule has 0 bridgehead atoms. The van der Waals surface area contributed by atoms with Crippen LogP contribution in [0.15, 0.2) is 42.5 Å². The number of nitrogens with one attached hydrogen (secondary N) is 1. The molecule has 0 radical (unpaired) electrons. The standard InChI is InChI=1S/C14H10FN3O/c15-10-5-6-11-12(7-10)18-14(17-11)9-3-1-8(2-4-9)13(16)19/h1-7H,(H2,16,19)(H,17,18). The highest BCUT2D eigenvalue weighted by atomic mass is 19.1. The smallest absolute Gasteiger partial charge is 0.248 e. The van der Waals surface area contributed by atoms with Crippen LogP contribution < -0.4 is 5.73 Å². The van der Waals surface area contributed by atoms with Gasteiger partial charge in [0.2, 0.25) is 5.91 Å². The second-order valence-electron chi connectivity index (χ2n) is 4.19. The van der Waals surface area contributed by atoms with E-state index in [1.807, 2.05) is 0 Å². The van der Waals surface area contributed by atoms with Gasteiger partial charge in [-0.1, -0.05) is 12.1 Å². The summed E-state index contributed by atoms with van der Waals surface area (Å²) in [6.07, 6.45) is 0. The molecule has 3 rings (SSSR count). The molecule has 0 saturated heterocycles. The Morgan fingerprint density at radius 3 is 2.58 bits per heavy atom. The molecule has 19 heavy (non-hydrogen) atoms. The van der Waals surface area contributed by atoms with Gasteiger partial charge in [-0.25, -0.2) is 9.37 Å². The molecular weight excluding hydrogens is 245 g/mol. The molecule has 0 aliphatic heterocycles. The zero-order valence-electron chi connectivity index (χ0n) is 9.85. The van der Waals surface area contributed by atoms with Gasteiger partial charge >= 0.3 is 0 Å². The molecule has 0 saturated carbocycles. The Morgan fingerprint density at radius 1 is 1.16 bits per heavy atom. The molecule has 0 unspecified atom stereocenters. The Bertz CT molecular complexity index is 762. The first kappa shape index (κ1) is 11.4.